The number of aliphatic hydroxyl groups is 1. The normalized spacial score (nSPS) is 21.7. The summed E-state index contributed by atoms with van der Waals surface area (Å²) in [5.74, 6) is 0.282. The Balaban J connectivity index is 1.80. The topological polar surface area (TPSA) is 71.5 Å². The largest absolute Gasteiger partial charge is 0.478 e. The van der Waals surface area contributed by atoms with Crippen molar-refractivity contribution in [1.82, 2.24) is 10.3 Å². The summed E-state index contributed by atoms with van der Waals surface area (Å²) in [4.78, 5) is 16.1. The van der Waals surface area contributed by atoms with Crippen LogP contribution >= 0.6 is 0 Å². The van der Waals surface area contributed by atoms with Gasteiger partial charge in [0.15, 0.2) is 0 Å². The number of aliphatic hydroxyl groups excluding tert-OH is 1. The number of aromatic nitrogens is 1. The smallest absolute Gasteiger partial charge is 0.225 e. The van der Waals surface area contributed by atoms with Crippen molar-refractivity contribution < 1.29 is 14.6 Å². The minimum atomic E-state index is -0.488. The summed E-state index contributed by atoms with van der Waals surface area (Å²) in [6.45, 7) is 3.13. The van der Waals surface area contributed by atoms with E-state index in [9.17, 15) is 9.90 Å². The molecule has 2 rings (SSSR count). The van der Waals surface area contributed by atoms with E-state index in [-0.39, 0.29) is 11.8 Å². The van der Waals surface area contributed by atoms with E-state index in [0.29, 0.717) is 19.0 Å². The molecule has 0 saturated heterocycles. The van der Waals surface area contributed by atoms with Gasteiger partial charge in [0, 0.05) is 18.8 Å². The average Bonchev–Trinajstić information content (AvgIpc) is 2.90. The molecule has 0 radical (unpaired) electrons. The van der Waals surface area contributed by atoms with Crippen molar-refractivity contribution in [3.63, 3.8) is 0 Å². The van der Waals surface area contributed by atoms with Crippen molar-refractivity contribution in [3.05, 3.63) is 23.9 Å². The second kappa shape index (κ2) is 7.24. The number of rotatable bonds is 6. The standard InChI is InChI=1S/C15H22N2O3/c1-2-8-20-14-7-6-11(9-16-14)10-17-15(19)12-4-3-5-13(12)18/h6-7,9,12-13,18H,2-5,8,10H2,1H3,(H,17,19). The lowest BCUT2D eigenvalue weighted by molar-refractivity contribution is -0.127. The lowest BCUT2D eigenvalue weighted by Crippen LogP contribution is -2.34. The van der Waals surface area contributed by atoms with Crippen LogP contribution in [0.25, 0.3) is 0 Å². The fourth-order valence-electron chi connectivity index (χ4n) is 2.37. The quantitative estimate of drug-likeness (QED) is 0.830. The zero-order valence-corrected chi connectivity index (χ0v) is 11.8. The van der Waals surface area contributed by atoms with Gasteiger partial charge in [-0.3, -0.25) is 4.79 Å². The number of amides is 1. The molecule has 110 valence electrons. The van der Waals surface area contributed by atoms with E-state index in [2.05, 4.69) is 10.3 Å². The van der Waals surface area contributed by atoms with Crippen LogP contribution in [-0.2, 0) is 11.3 Å². The van der Waals surface area contributed by atoms with Crippen molar-refractivity contribution in [2.75, 3.05) is 6.61 Å². The van der Waals surface area contributed by atoms with Gasteiger partial charge in [-0.1, -0.05) is 13.0 Å². The van der Waals surface area contributed by atoms with Gasteiger partial charge in [0.2, 0.25) is 11.8 Å². The SMILES string of the molecule is CCCOc1ccc(CNC(=O)C2CCCC2O)cn1. The number of hydrogen-bond donors (Lipinski definition) is 2. The van der Waals surface area contributed by atoms with E-state index < -0.39 is 6.10 Å². The summed E-state index contributed by atoms with van der Waals surface area (Å²) < 4.78 is 5.40. The maximum atomic E-state index is 11.9. The molecule has 5 nitrogen and oxygen atoms in total. The monoisotopic (exact) mass is 278 g/mol. The van der Waals surface area contributed by atoms with Crippen molar-refractivity contribution in [2.45, 2.75) is 45.3 Å². The highest BCUT2D eigenvalue weighted by molar-refractivity contribution is 5.79. The molecular weight excluding hydrogens is 256 g/mol. The van der Waals surface area contributed by atoms with Crippen molar-refractivity contribution in [2.24, 2.45) is 5.92 Å². The Bertz CT molecular complexity index is 433. The molecule has 0 aliphatic heterocycles. The van der Waals surface area contributed by atoms with Gasteiger partial charge in [0.05, 0.1) is 18.6 Å². The van der Waals surface area contributed by atoms with Crippen LogP contribution in [-0.4, -0.2) is 28.7 Å². The van der Waals surface area contributed by atoms with Crippen LogP contribution in [0.1, 0.15) is 38.2 Å². The number of carbonyl (C=O) groups is 1. The first kappa shape index (κ1) is 14.8. The van der Waals surface area contributed by atoms with Gasteiger partial charge in [-0.05, 0) is 31.2 Å². The van der Waals surface area contributed by atoms with Gasteiger partial charge in [0.25, 0.3) is 0 Å². The Kier molecular flexibility index (Phi) is 5.35. The number of nitrogens with one attached hydrogen (secondary N) is 1. The van der Waals surface area contributed by atoms with E-state index >= 15 is 0 Å². The Morgan fingerprint density at radius 1 is 1.50 bits per heavy atom. The lowest BCUT2D eigenvalue weighted by atomic mass is 10.1. The molecule has 1 aromatic rings. The number of carbonyl (C=O) groups excluding carboxylic acids is 1. The van der Waals surface area contributed by atoms with E-state index in [1.165, 1.54) is 0 Å². The average molecular weight is 278 g/mol. The molecule has 5 heteroatoms. The highest BCUT2D eigenvalue weighted by Gasteiger charge is 2.31. The van der Waals surface area contributed by atoms with Gasteiger partial charge < -0.3 is 15.2 Å². The van der Waals surface area contributed by atoms with Crippen molar-refractivity contribution in [1.29, 1.82) is 0 Å². The lowest BCUT2D eigenvalue weighted by Gasteiger charge is -2.14. The van der Waals surface area contributed by atoms with Crippen LogP contribution < -0.4 is 10.1 Å². The molecule has 1 aromatic heterocycles. The van der Waals surface area contributed by atoms with Crippen LogP contribution in [0, 0.1) is 5.92 Å². The summed E-state index contributed by atoms with van der Waals surface area (Å²) in [5, 5.41) is 12.5. The van der Waals surface area contributed by atoms with Crippen LogP contribution in [0.2, 0.25) is 0 Å². The maximum Gasteiger partial charge on any atom is 0.225 e. The highest BCUT2D eigenvalue weighted by atomic mass is 16.5. The molecule has 1 saturated carbocycles. The third-order valence-corrected chi connectivity index (χ3v) is 3.53. The van der Waals surface area contributed by atoms with Gasteiger partial charge in [0.1, 0.15) is 0 Å². The number of hydrogen-bond acceptors (Lipinski definition) is 4. The van der Waals surface area contributed by atoms with Gasteiger partial charge in [-0.15, -0.1) is 0 Å². The fraction of sp³-hybridized carbons (Fsp3) is 0.600. The Morgan fingerprint density at radius 3 is 2.95 bits per heavy atom. The molecule has 1 aliphatic rings. The molecule has 2 N–H and O–H groups in total. The van der Waals surface area contributed by atoms with E-state index in [4.69, 9.17) is 4.74 Å². The number of pyridine rings is 1. The Morgan fingerprint density at radius 2 is 2.35 bits per heavy atom. The molecule has 1 heterocycles. The first-order valence-electron chi connectivity index (χ1n) is 7.24. The first-order valence-corrected chi connectivity index (χ1v) is 7.24. The molecule has 0 spiro atoms. The number of nitrogens with zero attached hydrogens (tertiary/aromatic N) is 1. The molecule has 2 unspecified atom stereocenters. The highest BCUT2D eigenvalue weighted by Crippen LogP contribution is 2.25. The van der Waals surface area contributed by atoms with E-state index in [1.807, 2.05) is 19.1 Å². The molecule has 1 amide bonds. The van der Waals surface area contributed by atoms with Crippen LogP contribution in [0.5, 0.6) is 5.88 Å². The third-order valence-electron chi connectivity index (χ3n) is 3.53. The second-order valence-corrected chi connectivity index (χ2v) is 5.18. The summed E-state index contributed by atoms with van der Waals surface area (Å²) in [6.07, 6.45) is 4.58. The maximum absolute atomic E-state index is 11.9. The molecular formula is C15H22N2O3. The summed E-state index contributed by atoms with van der Waals surface area (Å²) in [6, 6.07) is 3.70. The molecule has 0 bridgehead atoms. The first-order chi connectivity index (χ1) is 9.70. The van der Waals surface area contributed by atoms with Crippen molar-refractivity contribution in [3.8, 4) is 5.88 Å². The number of ether oxygens (including phenoxy) is 1. The predicted molar refractivity (Wildman–Crippen MR) is 75.2 cm³/mol. The minimum Gasteiger partial charge on any atom is -0.478 e. The fourth-order valence-corrected chi connectivity index (χ4v) is 2.37. The predicted octanol–water partition coefficient (Wildman–Crippen LogP) is 1.65. The van der Waals surface area contributed by atoms with Crippen LogP contribution in [0.4, 0.5) is 0 Å². The van der Waals surface area contributed by atoms with Crippen LogP contribution in [0.15, 0.2) is 18.3 Å². The van der Waals surface area contributed by atoms with Gasteiger partial charge in [-0.2, -0.15) is 0 Å². The van der Waals surface area contributed by atoms with Crippen molar-refractivity contribution >= 4 is 5.91 Å². The van der Waals surface area contributed by atoms with Crippen LogP contribution in [0.3, 0.4) is 0 Å². The third kappa shape index (κ3) is 3.93. The Hall–Kier alpha value is -1.62. The zero-order valence-electron chi connectivity index (χ0n) is 11.8. The van der Waals surface area contributed by atoms with E-state index in [1.54, 1.807) is 6.20 Å². The molecule has 1 aliphatic carbocycles. The summed E-state index contributed by atoms with van der Waals surface area (Å²) >= 11 is 0. The second-order valence-electron chi connectivity index (χ2n) is 5.18. The summed E-state index contributed by atoms with van der Waals surface area (Å²) in [7, 11) is 0. The van der Waals surface area contributed by atoms with E-state index in [0.717, 1.165) is 31.2 Å². The Labute approximate surface area is 119 Å². The van der Waals surface area contributed by atoms with Gasteiger partial charge in [-0.25, -0.2) is 4.98 Å². The minimum absolute atomic E-state index is 0.0682. The molecule has 1 fully saturated rings. The summed E-state index contributed by atoms with van der Waals surface area (Å²) in [5.41, 5.74) is 0.926. The molecule has 2 atom stereocenters. The van der Waals surface area contributed by atoms with Gasteiger partial charge >= 0.3 is 0 Å². The zero-order chi connectivity index (χ0) is 14.4. The molecule has 0 aromatic carbocycles. The molecule has 20 heavy (non-hydrogen) atoms.